The SMILES string of the molecule is CSc1ccc(CCCCCn2cc(CCN)c3cc(OCCc4ccc(O)cc4)ccc32)cc1.Cl. The van der Waals surface area contributed by atoms with Gasteiger partial charge < -0.3 is 20.1 Å². The number of hydrogen-bond donors (Lipinski definition) is 2. The number of aromatic hydroxyl groups is 1. The molecular weight excluding hydrogens is 488 g/mol. The van der Waals surface area contributed by atoms with Crippen molar-refractivity contribution < 1.29 is 9.84 Å². The molecule has 4 rings (SSSR count). The third kappa shape index (κ3) is 7.70. The van der Waals surface area contributed by atoms with Crippen LogP contribution in [0.1, 0.15) is 36.0 Å². The second kappa shape index (κ2) is 14.2. The number of nitrogens with two attached hydrogens (primary N) is 1. The molecule has 4 aromatic rings. The van der Waals surface area contributed by atoms with Crippen LogP contribution in [0, 0.1) is 0 Å². The Hall–Kier alpha value is -2.60. The van der Waals surface area contributed by atoms with Gasteiger partial charge in [-0.05, 0) is 97.6 Å². The summed E-state index contributed by atoms with van der Waals surface area (Å²) in [6.45, 7) is 2.26. The van der Waals surface area contributed by atoms with Gasteiger partial charge in [-0.15, -0.1) is 24.2 Å². The lowest BCUT2D eigenvalue weighted by Crippen LogP contribution is -2.02. The van der Waals surface area contributed by atoms with E-state index in [0.29, 0.717) is 13.2 Å². The molecule has 1 aromatic heterocycles. The fourth-order valence-corrected chi connectivity index (χ4v) is 4.92. The van der Waals surface area contributed by atoms with E-state index in [1.165, 1.54) is 46.2 Å². The second-order valence-electron chi connectivity index (χ2n) is 8.99. The summed E-state index contributed by atoms with van der Waals surface area (Å²) in [5.41, 5.74) is 11.0. The molecule has 0 saturated carbocycles. The first-order valence-electron chi connectivity index (χ1n) is 12.5. The van der Waals surface area contributed by atoms with Crippen LogP contribution in [0.3, 0.4) is 0 Å². The van der Waals surface area contributed by atoms with Gasteiger partial charge in [0.1, 0.15) is 11.5 Å². The molecule has 3 aromatic carbocycles. The van der Waals surface area contributed by atoms with Crippen molar-refractivity contribution in [3.63, 3.8) is 0 Å². The van der Waals surface area contributed by atoms with Gasteiger partial charge in [-0.2, -0.15) is 0 Å². The van der Waals surface area contributed by atoms with E-state index in [4.69, 9.17) is 10.5 Å². The molecule has 0 radical (unpaired) electrons. The van der Waals surface area contributed by atoms with Gasteiger partial charge in [0.25, 0.3) is 0 Å². The summed E-state index contributed by atoms with van der Waals surface area (Å²) in [4.78, 5) is 1.33. The summed E-state index contributed by atoms with van der Waals surface area (Å²) in [5.74, 6) is 1.18. The maximum Gasteiger partial charge on any atom is 0.120 e. The summed E-state index contributed by atoms with van der Waals surface area (Å²) in [6.07, 6.45) is 10.8. The Morgan fingerprint density at radius 3 is 2.31 bits per heavy atom. The summed E-state index contributed by atoms with van der Waals surface area (Å²) in [6, 6.07) is 22.7. The van der Waals surface area contributed by atoms with Crippen molar-refractivity contribution in [3.8, 4) is 11.5 Å². The maximum atomic E-state index is 9.43. The van der Waals surface area contributed by atoms with Crippen molar-refractivity contribution in [2.45, 2.75) is 50.0 Å². The number of unbranched alkanes of at least 4 members (excludes halogenated alkanes) is 2. The topological polar surface area (TPSA) is 60.4 Å². The first kappa shape index (κ1) is 28.0. The predicted molar refractivity (Wildman–Crippen MR) is 155 cm³/mol. The van der Waals surface area contributed by atoms with Crippen molar-refractivity contribution >= 4 is 35.1 Å². The normalized spacial score (nSPS) is 10.9. The van der Waals surface area contributed by atoms with Crippen molar-refractivity contribution in [2.24, 2.45) is 5.73 Å². The number of halogens is 1. The number of phenolic OH excluding ortho intramolecular Hbond substituents is 1. The van der Waals surface area contributed by atoms with Gasteiger partial charge in [0.15, 0.2) is 0 Å². The number of nitrogens with zero attached hydrogens (tertiary/aromatic N) is 1. The number of benzene rings is 3. The van der Waals surface area contributed by atoms with E-state index in [1.807, 2.05) is 12.1 Å². The minimum atomic E-state index is 0. The predicted octanol–water partition coefficient (Wildman–Crippen LogP) is 7.03. The zero-order valence-corrected chi connectivity index (χ0v) is 22.6. The molecule has 0 spiro atoms. The van der Waals surface area contributed by atoms with Crippen molar-refractivity contribution in [1.82, 2.24) is 4.57 Å². The molecule has 0 bridgehead atoms. The quantitative estimate of drug-likeness (QED) is 0.146. The highest BCUT2D eigenvalue weighted by molar-refractivity contribution is 7.98. The van der Waals surface area contributed by atoms with E-state index in [-0.39, 0.29) is 18.2 Å². The van der Waals surface area contributed by atoms with Gasteiger partial charge in [-0.25, -0.2) is 0 Å². The molecule has 0 saturated heterocycles. The van der Waals surface area contributed by atoms with E-state index in [1.54, 1.807) is 23.9 Å². The fourth-order valence-electron chi connectivity index (χ4n) is 4.51. The number of fused-ring (bicyclic) bond motifs is 1. The molecule has 6 heteroatoms. The number of aromatic nitrogens is 1. The van der Waals surface area contributed by atoms with E-state index in [0.717, 1.165) is 37.1 Å². The zero-order chi connectivity index (χ0) is 24.5. The highest BCUT2D eigenvalue weighted by atomic mass is 35.5. The standard InChI is InChI=1S/C30H36N2O2S.ClH/c1-35-28-13-8-23(9-14-28)5-3-2-4-19-32-22-25(16-18-31)29-21-27(12-15-30(29)32)34-20-17-24-6-10-26(33)11-7-24;/h6-15,21-22,33H,2-5,16-20,31H2,1H3;1H. The van der Waals surface area contributed by atoms with Crippen molar-refractivity contribution in [1.29, 1.82) is 0 Å². The van der Waals surface area contributed by atoms with Crippen LogP contribution in [-0.4, -0.2) is 29.1 Å². The third-order valence-corrected chi connectivity index (χ3v) is 7.21. The first-order chi connectivity index (χ1) is 17.2. The minimum absolute atomic E-state index is 0. The molecule has 0 atom stereocenters. The third-order valence-electron chi connectivity index (χ3n) is 6.47. The second-order valence-corrected chi connectivity index (χ2v) is 9.87. The van der Waals surface area contributed by atoms with Gasteiger partial charge in [0.05, 0.1) is 6.61 Å². The lowest BCUT2D eigenvalue weighted by molar-refractivity contribution is 0.322. The van der Waals surface area contributed by atoms with Crippen LogP contribution in [0.4, 0.5) is 0 Å². The fraction of sp³-hybridized carbons (Fsp3) is 0.333. The van der Waals surface area contributed by atoms with Gasteiger partial charge in [-0.3, -0.25) is 0 Å². The van der Waals surface area contributed by atoms with Crippen LogP contribution in [0.2, 0.25) is 0 Å². The molecule has 36 heavy (non-hydrogen) atoms. The van der Waals surface area contributed by atoms with E-state index < -0.39 is 0 Å². The number of hydrogen-bond acceptors (Lipinski definition) is 4. The Labute approximate surface area is 225 Å². The van der Waals surface area contributed by atoms with Crippen molar-refractivity contribution in [3.05, 3.63) is 89.6 Å². The van der Waals surface area contributed by atoms with Crippen LogP contribution in [0.5, 0.6) is 11.5 Å². The summed E-state index contributed by atoms with van der Waals surface area (Å²) < 4.78 is 8.44. The molecular formula is C30H37ClN2O2S. The molecule has 0 amide bonds. The lowest BCUT2D eigenvalue weighted by atomic mass is 10.1. The molecule has 3 N–H and O–H groups in total. The number of thioether (sulfide) groups is 1. The van der Waals surface area contributed by atoms with E-state index in [9.17, 15) is 5.11 Å². The average Bonchev–Trinajstić information content (AvgIpc) is 3.22. The van der Waals surface area contributed by atoms with Gasteiger partial charge in [0.2, 0.25) is 0 Å². The molecule has 0 aliphatic carbocycles. The van der Waals surface area contributed by atoms with Crippen LogP contribution in [-0.2, 0) is 25.8 Å². The number of phenols is 1. The smallest absolute Gasteiger partial charge is 0.120 e. The number of aryl methyl sites for hydroxylation is 2. The molecule has 0 fully saturated rings. The van der Waals surface area contributed by atoms with Gasteiger partial charge in [0, 0.05) is 35.0 Å². The Kier molecular flexibility index (Phi) is 11.1. The molecule has 0 aliphatic heterocycles. The molecule has 0 aliphatic rings. The minimum Gasteiger partial charge on any atom is -0.508 e. The van der Waals surface area contributed by atoms with E-state index >= 15 is 0 Å². The summed E-state index contributed by atoms with van der Waals surface area (Å²) >= 11 is 1.79. The highest BCUT2D eigenvalue weighted by Gasteiger charge is 2.10. The highest BCUT2D eigenvalue weighted by Crippen LogP contribution is 2.27. The lowest BCUT2D eigenvalue weighted by Gasteiger charge is -2.09. The Balaban J connectivity index is 0.00000361. The zero-order valence-electron chi connectivity index (χ0n) is 21.0. The number of rotatable bonds is 13. The van der Waals surface area contributed by atoms with Crippen LogP contribution >= 0.6 is 24.2 Å². The van der Waals surface area contributed by atoms with Crippen LogP contribution in [0.25, 0.3) is 10.9 Å². The van der Waals surface area contributed by atoms with Gasteiger partial charge >= 0.3 is 0 Å². The molecule has 4 nitrogen and oxygen atoms in total. The largest absolute Gasteiger partial charge is 0.508 e. The maximum absolute atomic E-state index is 9.43. The average molecular weight is 525 g/mol. The van der Waals surface area contributed by atoms with Crippen LogP contribution < -0.4 is 10.5 Å². The van der Waals surface area contributed by atoms with Gasteiger partial charge in [-0.1, -0.05) is 30.7 Å². The van der Waals surface area contributed by atoms with Crippen LogP contribution in [0.15, 0.2) is 77.8 Å². The monoisotopic (exact) mass is 524 g/mol. The molecule has 1 heterocycles. The summed E-state index contributed by atoms with van der Waals surface area (Å²) in [7, 11) is 0. The Morgan fingerprint density at radius 1 is 0.861 bits per heavy atom. The Bertz CT molecular complexity index is 1210. The van der Waals surface area contributed by atoms with Crippen molar-refractivity contribution in [2.75, 3.05) is 19.4 Å². The molecule has 192 valence electrons. The Morgan fingerprint density at radius 2 is 1.58 bits per heavy atom. The summed E-state index contributed by atoms with van der Waals surface area (Å²) in [5, 5.41) is 10.7. The number of ether oxygens (including phenoxy) is 1. The first-order valence-corrected chi connectivity index (χ1v) is 13.7. The molecule has 0 unspecified atom stereocenters. The van der Waals surface area contributed by atoms with E-state index in [2.05, 4.69) is 59.5 Å².